The molecule has 0 radical (unpaired) electrons. The van der Waals surface area contributed by atoms with E-state index in [1.807, 2.05) is 0 Å². The van der Waals surface area contributed by atoms with Gasteiger partial charge in [-0.25, -0.2) is 9.78 Å². The number of rotatable bonds is 0. The Hall–Kier alpha value is -1.13. The van der Waals surface area contributed by atoms with Crippen LogP contribution in [0.4, 0.5) is 0 Å². The molecule has 84 valence electrons. The van der Waals surface area contributed by atoms with E-state index < -0.39 is 5.60 Å². The molecular weight excluding hydrogens is 230 g/mol. The third-order valence-corrected chi connectivity index (χ3v) is 3.28. The lowest BCUT2D eigenvalue weighted by molar-refractivity contribution is -0.0926. The Morgan fingerprint density at radius 1 is 1.50 bits per heavy atom. The number of hydrogen-bond acceptors (Lipinski definition) is 4. The highest BCUT2D eigenvalue weighted by molar-refractivity contribution is 6.29. The molecule has 0 saturated carbocycles. The molecule has 5 heteroatoms. The van der Waals surface area contributed by atoms with Gasteiger partial charge in [-0.3, -0.25) is 0 Å². The van der Waals surface area contributed by atoms with Crippen LogP contribution in [0.5, 0.6) is 0 Å². The molecule has 0 unspecified atom stereocenters. The molecule has 1 atom stereocenters. The Bertz CT molecular complexity index is 455. The number of ether oxygens (including phenoxy) is 2. The van der Waals surface area contributed by atoms with Crippen molar-refractivity contribution in [2.75, 3.05) is 13.2 Å². The first-order chi connectivity index (χ1) is 7.71. The molecule has 16 heavy (non-hydrogen) atoms. The zero-order chi connectivity index (χ0) is 11.2. The maximum Gasteiger partial charge on any atom is 0.341 e. The summed E-state index contributed by atoms with van der Waals surface area (Å²) >= 11 is 5.85. The Kier molecular flexibility index (Phi) is 2.16. The average molecular weight is 240 g/mol. The summed E-state index contributed by atoms with van der Waals surface area (Å²) < 4.78 is 10.9. The molecule has 0 aromatic carbocycles. The lowest BCUT2D eigenvalue weighted by Crippen LogP contribution is -2.36. The van der Waals surface area contributed by atoms with Gasteiger partial charge in [0.15, 0.2) is 5.60 Å². The third-order valence-electron chi connectivity index (χ3n) is 3.07. The summed E-state index contributed by atoms with van der Waals surface area (Å²) in [5.74, 6) is -0.329. The summed E-state index contributed by atoms with van der Waals surface area (Å²) in [5, 5.41) is 0.377. The highest BCUT2D eigenvalue weighted by atomic mass is 35.5. The topological polar surface area (TPSA) is 48.4 Å². The predicted molar refractivity (Wildman–Crippen MR) is 56.4 cm³/mol. The van der Waals surface area contributed by atoms with Crippen molar-refractivity contribution in [2.45, 2.75) is 18.4 Å². The molecule has 0 aliphatic carbocycles. The Labute approximate surface area is 97.5 Å². The van der Waals surface area contributed by atoms with E-state index in [2.05, 4.69) is 4.98 Å². The first-order valence-electron chi connectivity index (χ1n) is 5.18. The number of nitrogens with zero attached hydrogens (tertiary/aromatic N) is 1. The van der Waals surface area contributed by atoms with Gasteiger partial charge in [-0.05, 0) is 18.9 Å². The summed E-state index contributed by atoms with van der Waals surface area (Å²) in [6.45, 7) is 1.12. The average Bonchev–Trinajstić information content (AvgIpc) is 2.53. The number of esters is 1. The first kappa shape index (κ1) is 10.1. The van der Waals surface area contributed by atoms with E-state index in [4.69, 9.17) is 21.1 Å². The minimum atomic E-state index is -0.628. The van der Waals surface area contributed by atoms with E-state index in [-0.39, 0.29) is 5.97 Å². The molecule has 3 rings (SSSR count). The molecule has 1 spiro atoms. The van der Waals surface area contributed by atoms with Gasteiger partial charge in [-0.1, -0.05) is 11.6 Å². The smallest absolute Gasteiger partial charge is 0.341 e. The van der Waals surface area contributed by atoms with E-state index in [0.29, 0.717) is 23.9 Å². The fourth-order valence-electron chi connectivity index (χ4n) is 2.32. The third kappa shape index (κ3) is 1.33. The second-order valence-corrected chi connectivity index (χ2v) is 4.48. The van der Waals surface area contributed by atoms with Crippen LogP contribution in [0.2, 0.25) is 5.15 Å². The number of hydrogen-bond donors (Lipinski definition) is 0. The van der Waals surface area contributed by atoms with Crippen molar-refractivity contribution in [1.29, 1.82) is 0 Å². The molecule has 2 aliphatic rings. The number of halogens is 1. The van der Waals surface area contributed by atoms with Crippen molar-refractivity contribution < 1.29 is 14.3 Å². The SMILES string of the molecule is O=C1O[C@]2(CCCOC2)c2cc(Cl)ncc21. The predicted octanol–water partition coefficient (Wildman–Crippen LogP) is 1.91. The fraction of sp³-hybridized carbons (Fsp3) is 0.455. The van der Waals surface area contributed by atoms with Gasteiger partial charge in [-0.2, -0.15) is 0 Å². The number of aromatic nitrogens is 1. The van der Waals surface area contributed by atoms with Crippen LogP contribution in [-0.2, 0) is 15.1 Å². The molecular formula is C11H10ClNO3. The fourth-order valence-corrected chi connectivity index (χ4v) is 2.48. The van der Waals surface area contributed by atoms with Gasteiger partial charge in [0.25, 0.3) is 0 Å². The van der Waals surface area contributed by atoms with Crippen LogP contribution in [-0.4, -0.2) is 24.2 Å². The maximum atomic E-state index is 11.7. The van der Waals surface area contributed by atoms with E-state index in [1.165, 1.54) is 6.20 Å². The molecule has 1 aromatic heterocycles. The van der Waals surface area contributed by atoms with Crippen LogP contribution in [0.15, 0.2) is 12.3 Å². The lowest BCUT2D eigenvalue weighted by Gasteiger charge is -2.32. The molecule has 0 amide bonds. The molecule has 2 aliphatic heterocycles. The monoisotopic (exact) mass is 239 g/mol. The van der Waals surface area contributed by atoms with Crippen LogP contribution in [0.3, 0.4) is 0 Å². The van der Waals surface area contributed by atoms with Gasteiger partial charge in [0, 0.05) is 18.4 Å². The van der Waals surface area contributed by atoms with Gasteiger partial charge >= 0.3 is 5.97 Å². The van der Waals surface area contributed by atoms with Crippen molar-refractivity contribution in [3.63, 3.8) is 0 Å². The van der Waals surface area contributed by atoms with E-state index in [0.717, 1.165) is 18.4 Å². The Balaban J connectivity index is 2.12. The van der Waals surface area contributed by atoms with Crippen LogP contribution < -0.4 is 0 Å². The molecule has 1 saturated heterocycles. The second kappa shape index (κ2) is 3.43. The van der Waals surface area contributed by atoms with Crippen molar-refractivity contribution in [2.24, 2.45) is 0 Å². The minimum Gasteiger partial charge on any atom is -0.448 e. The normalized spacial score (nSPS) is 27.9. The zero-order valence-corrected chi connectivity index (χ0v) is 9.29. The van der Waals surface area contributed by atoms with E-state index >= 15 is 0 Å². The summed E-state index contributed by atoms with van der Waals surface area (Å²) in [7, 11) is 0. The van der Waals surface area contributed by atoms with Gasteiger partial charge < -0.3 is 9.47 Å². The zero-order valence-electron chi connectivity index (χ0n) is 8.53. The van der Waals surface area contributed by atoms with Crippen molar-refractivity contribution >= 4 is 17.6 Å². The summed E-state index contributed by atoms with van der Waals surface area (Å²) in [5.41, 5.74) is 0.698. The van der Waals surface area contributed by atoms with Crippen molar-refractivity contribution in [3.8, 4) is 0 Å². The molecule has 1 fully saturated rings. The largest absolute Gasteiger partial charge is 0.448 e. The van der Waals surface area contributed by atoms with Gasteiger partial charge in [0.2, 0.25) is 0 Å². The van der Waals surface area contributed by atoms with E-state index in [1.54, 1.807) is 6.07 Å². The second-order valence-electron chi connectivity index (χ2n) is 4.09. The van der Waals surface area contributed by atoms with Gasteiger partial charge in [-0.15, -0.1) is 0 Å². The molecule has 1 aromatic rings. The lowest BCUT2D eigenvalue weighted by atomic mass is 9.88. The molecule has 0 N–H and O–H groups in total. The quantitative estimate of drug-likeness (QED) is 0.513. The van der Waals surface area contributed by atoms with E-state index in [9.17, 15) is 4.79 Å². The first-order valence-corrected chi connectivity index (χ1v) is 5.56. The summed E-state index contributed by atoms with van der Waals surface area (Å²) in [6, 6.07) is 1.70. The van der Waals surface area contributed by atoms with Crippen LogP contribution in [0.1, 0.15) is 28.8 Å². The van der Waals surface area contributed by atoms with Crippen LogP contribution in [0.25, 0.3) is 0 Å². The number of fused-ring (bicyclic) bond motifs is 2. The minimum absolute atomic E-state index is 0.329. The molecule has 4 nitrogen and oxygen atoms in total. The maximum absolute atomic E-state index is 11.7. The Morgan fingerprint density at radius 2 is 2.38 bits per heavy atom. The highest BCUT2D eigenvalue weighted by Gasteiger charge is 2.47. The van der Waals surface area contributed by atoms with Crippen LogP contribution >= 0.6 is 11.6 Å². The summed E-state index contributed by atoms with van der Waals surface area (Å²) in [4.78, 5) is 15.6. The summed E-state index contributed by atoms with van der Waals surface area (Å²) in [6.07, 6.45) is 3.14. The molecule has 0 bridgehead atoms. The van der Waals surface area contributed by atoms with Crippen LogP contribution in [0, 0.1) is 0 Å². The standard InChI is InChI=1S/C11H10ClNO3/c12-9-4-8-7(5-13-9)10(14)16-11(8)2-1-3-15-6-11/h4-5H,1-3,6H2/t11-/m0/s1. The van der Waals surface area contributed by atoms with Gasteiger partial charge in [0.1, 0.15) is 5.15 Å². The highest BCUT2D eigenvalue weighted by Crippen LogP contribution is 2.42. The van der Waals surface area contributed by atoms with Crippen molar-refractivity contribution in [3.05, 3.63) is 28.5 Å². The Morgan fingerprint density at radius 3 is 3.12 bits per heavy atom. The van der Waals surface area contributed by atoms with Gasteiger partial charge in [0.05, 0.1) is 12.2 Å². The van der Waals surface area contributed by atoms with Crippen molar-refractivity contribution in [1.82, 2.24) is 4.98 Å². The number of carbonyl (C=O) groups is 1. The number of carbonyl (C=O) groups excluding carboxylic acids is 1. The molecule has 3 heterocycles. The number of pyridine rings is 1.